The number of benzene rings is 2. The summed E-state index contributed by atoms with van der Waals surface area (Å²) in [6.07, 6.45) is 0. The lowest BCUT2D eigenvalue weighted by Gasteiger charge is -2.05. The average molecular weight is 227 g/mol. The molecule has 3 nitrogen and oxygen atoms in total. The monoisotopic (exact) mass is 227 g/mol. The number of nitrogens with two attached hydrogens (primary N) is 1. The zero-order valence-electron chi connectivity index (χ0n) is 9.51. The van der Waals surface area contributed by atoms with Gasteiger partial charge in [0.25, 0.3) is 0 Å². The van der Waals surface area contributed by atoms with Crippen LogP contribution in [0.15, 0.2) is 48.5 Å². The Kier molecular flexibility index (Phi) is 3.10. The highest BCUT2D eigenvalue weighted by atomic mass is 16.5. The fourth-order valence-electron chi connectivity index (χ4n) is 1.59. The van der Waals surface area contributed by atoms with E-state index >= 15 is 0 Å². The third-order valence-electron chi connectivity index (χ3n) is 2.29. The van der Waals surface area contributed by atoms with E-state index < -0.39 is 5.97 Å². The van der Waals surface area contributed by atoms with E-state index in [1.54, 1.807) is 30.3 Å². The molecular weight excluding hydrogens is 214 g/mol. The van der Waals surface area contributed by atoms with Gasteiger partial charge in [0.1, 0.15) is 5.75 Å². The van der Waals surface area contributed by atoms with Crippen molar-refractivity contribution in [3.63, 3.8) is 0 Å². The Morgan fingerprint density at radius 3 is 2.47 bits per heavy atom. The number of hydrogen-bond acceptors (Lipinski definition) is 3. The first-order valence-corrected chi connectivity index (χ1v) is 5.29. The van der Waals surface area contributed by atoms with Gasteiger partial charge < -0.3 is 10.5 Å². The largest absolute Gasteiger partial charge is 0.423 e. The first kappa shape index (κ1) is 11.2. The molecule has 17 heavy (non-hydrogen) atoms. The van der Waals surface area contributed by atoms with Crippen LogP contribution in [0.1, 0.15) is 15.9 Å². The quantitative estimate of drug-likeness (QED) is 0.487. The van der Waals surface area contributed by atoms with Crippen molar-refractivity contribution >= 4 is 11.7 Å². The van der Waals surface area contributed by atoms with E-state index in [2.05, 4.69) is 0 Å². The van der Waals surface area contributed by atoms with Gasteiger partial charge in [-0.2, -0.15) is 0 Å². The molecule has 0 spiro atoms. The third kappa shape index (κ3) is 2.84. The second-order valence-electron chi connectivity index (χ2n) is 3.83. The summed E-state index contributed by atoms with van der Waals surface area (Å²) in [5, 5.41) is 0. The molecule has 0 unspecified atom stereocenters. The number of ether oxygens (including phenoxy) is 1. The molecule has 2 aromatic rings. The van der Waals surface area contributed by atoms with E-state index in [0.717, 1.165) is 5.56 Å². The summed E-state index contributed by atoms with van der Waals surface area (Å²) in [5.41, 5.74) is 7.64. The second-order valence-corrected chi connectivity index (χ2v) is 3.83. The Morgan fingerprint density at radius 1 is 1.12 bits per heavy atom. The molecule has 2 N–H and O–H groups in total. The number of para-hydroxylation sites is 1. The Hall–Kier alpha value is -2.29. The Balaban J connectivity index is 2.20. The molecule has 0 aliphatic rings. The molecule has 0 amide bonds. The molecule has 2 aromatic carbocycles. The van der Waals surface area contributed by atoms with Crippen molar-refractivity contribution in [1.29, 1.82) is 0 Å². The van der Waals surface area contributed by atoms with Crippen molar-refractivity contribution in [2.75, 3.05) is 5.73 Å². The molecule has 0 fully saturated rings. The van der Waals surface area contributed by atoms with Gasteiger partial charge in [0, 0.05) is 5.69 Å². The molecule has 2 rings (SSSR count). The summed E-state index contributed by atoms with van der Waals surface area (Å²) in [6, 6.07) is 14.1. The Morgan fingerprint density at radius 2 is 1.82 bits per heavy atom. The Bertz CT molecular complexity index is 515. The van der Waals surface area contributed by atoms with Crippen molar-refractivity contribution in [2.24, 2.45) is 0 Å². The molecular formula is C14H13NO2. The molecule has 0 aliphatic heterocycles. The van der Waals surface area contributed by atoms with E-state index in [1.165, 1.54) is 0 Å². The maximum atomic E-state index is 11.8. The van der Waals surface area contributed by atoms with Crippen LogP contribution in [0.5, 0.6) is 5.75 Å². The molecule has 0 bridgehead atoms. The molecule has 3 heteroatoms. The van der Waals surface area contributed by atoms with Gasteiger partial charge in [0.15, 0.2) is 0 Å². The summed E-state index contributed by atoms with van der Waals surface area (Å²) < 4.78 is 5.22. The van der Waals surface area contributed by atoms with Crippen LogP contribution in [-0.4, -0.2) is 5.97 Å². The summed E-state index contributed by atoms with van der Waals surface area (Å²) in [6.45, 7) is 1.88. The van der Waals surface area contributed by atoms with Gasteiger partial charge in [-0.1, -0.05) is 18.2 Å². The number of anilines is 1. The Labute approximate surface area is 99.8 Å². The molecule has 0 saturated heterocycles. The van der Waals surface area contributed by atoms with Crippen LogP contribution in [0.25, 0.3) is 0 Å². The van der Waals surface area contributed by atoms with Crippen LogP contribution in [0.3, 0.4) is 0 Å². The topological polar surface area (TPSA) is 52.3 Å². The third-order valence-corrected chi connectivity index (χ3v) is 2.29. The smallest absolute Gasteiger partial charge is 0.343 e. The minimum Gasteiger partial charge on any atom is -0.423 e. The first-order chi connectivity index (χ1) is 8.15. The lowest BCUT2D eigenvalue weighted by atomic mass is 10.1. The number of esters is 1. The molecule has 0 saturated carbocycles. The minimum absolute atomic E-state index is 0.397. The predicted octanol–water partition coefficient (Wildman–Crippen LogP) is 2.80. The zero-order chi connectivity index (χ0) is 12.3. The lowest BCUT2D eigenvalue weighted by Crippen LogP contribution is -2.09. The summed E-state index contributed by atoms with van der Waals surface area (Å²) in [7, 11) is 0. The van der Waals surface area contributed by atoms with Gasteiger partial charge >= 0.3 is 5.97 Å². The van der Waals surface area contributed by atoms with Gasteiger partial charge in [-0.05, 0) is 42.8 Å². The highest BCUT2D eigenvalue weighted by molar-refractivity contribution is 5.92. The van der Waals surface area contributed by atoms with Crippen LogP contribution < -0.4 is 10.5 Å². The maximum absolute atomic E-state index is 11.8. The SMILES string of the molecule is Cc1cc(N)cc(C(=O)Oc2ccccc2)c1. The van der Waals surface area contributed by atoms with Crippen LogP contribution in [0.4, 0.5) is 5.69 Å². The molecule has 0 aromatic heterocycles. The van der Waals surface area contributed by atoms with Gasteiger partial charge in [-0.15, -0.1) is 0 Å². The van der Waals surface area contributed by atoms with Crippen LogP contribution in [0, 0.1) is 6.92 Å². The molecule has 0 aliphatic carbocycles. The normalized spacial score (nSPS) is 9.94. The summed E-state index contributed by atoms with van der Waals surface area (Å²) in [5.74, 6) is 0.129. The highest BCUT2D eigenvalue weighted by Gasteiger charge is 2.09. The van der Waals surface area contributed by atoms with Crippen molar-refractivity contribution in [3.05, 3.63) is 59.7 Å². The van der Waals surface area contributed by atoms with Gasteiger partial charge in [0.2, 0.25) is 0 Å². The summed E-state index contributed by atoms with van der Waals surface area (Å²) >= 11 is 0. The minimum atomic E-state index is -0.397. The standard InChI is InChI=1S/C14H13NO2/c1-10-7-11(9-12(15)8-10)14(16)17-13-5-3-2-4-6-13/h2-9H,15H2,1H3. The van der Waals surface area contributed by atoms with E-state index in [0.29, 0.717) is 17.0 Å². The number of carbonyl (C=O) groups is 1. The average Bonchev–Trinajstić information content (AvgIpc) is 2.29. The van der Waals surface area contributed by atoms with E-state index in [-0.39, 0.29) is 0 Å². The van der Waals surface area contributed by atoms with Gasteiger partial charge in [-0.3, -0.25) is 0 Å². The number of nitrogen functional groups attached to an aromatic ring is 1. The number of aryl methyl sites for hydroxylation is 1. The number of carbonyl (C=O) groups excluding carboxylic acids is 1. The highest BCUT2D eigenvalue weighted by Crippen LogP contribution is 2.15. The number of hydrogen-bond donors (Lipinski definition) is 1. The van der Waals surface area contributed by atoms with Crippen molar-refractivity contribution in [3.8, 4) is 5.75 Å². The summed E-state index contributed by atoms with van der Waals surface area (Å²) in [4.78, 5) is 11.8. The lowest BCUT2D eigenvalue weighted by molar-refractivity contribution is 0.0734. The van der Waals surface area contributed by atoms with Crippen LogP contribution in [-0.2, 0) is 0 Å². The molecule has 0 atom stereocenters. The van der Waals surface area contributed by atoms with Crippen LogP contribution in [0.2, 0.25) is 0 Å². The number of rotatable bonds is 2. The van der Waals surface area contributed by atoms with Crippen molar-refractivity contribution in [2.45, 2.75) is 6.92 Å². The van der Waals surface area contributed by atoms with Gasteiger partial charge in [-0.25, -0.2) is 4.79 Å². The zero-order valence-corrected chi connectivity index (χ0v) is 9.51. The van der Waals surface area contributed by atoms with E-state index in [4.69, 9.17) is 10.5 Å². The van der Waals surface area contributed by atoms with E-state index in [9.17, 15) is 4.79 Å². The predicted molar refractivity (Wildman–Crippen MR) is 67.0 cm³/mol. The van der Waals surface area contributed by atoms with Crippen LogP contribution >= 0.6 is 0 Å². The fraction of sp³-hybridized carbons (Fsp3) is 0.0714. The molecule has 0 radical (unpaired) electrons. The fourth-order valence-corrected chi connectivity index (χ4v) is 1.59. The molecule has 0 heterocycles. The van der Waals surface area contributed by atoms with Crippen molar-refractivity contribution in [1.82, 2.24) is 0 Å². The second kappa shape index (κ2) is 4.70. The first-order valence-electron chi connectivity index (χ1n) is 5.29. The van der Waals surface area contributed by atoms with Crippen molar-refractivity contribution < 1.29 is 9.53 Å². The van der Waals surface area contributed by atoms with Gasteiger partial charge in [0.05, 0.1) is 5.56 Å². The molecule has 86 valence electrons. The van der Waals surface area contributed by atoms with E-state index in [1.807, 2.05) is 25.1 Å². The maximum Gasteiger partial charge on any atom is 0.343 e.